The fraction of sp³-hybridized carbons (Fsp3) is 0.206. The summed E-state index contributed by atoms with van der Waals surface area (Å²) in [6, 6.07) is 41.0. The molecule has 6 aromatic carbocycles. The summed E-state index contributed by atoms with van der Waals surface area (Å²) >= 11 is 17.6. The van der Waals surface area contributed by atoms with Crippen LogP contribution in [0.15, 0.2) is 167 Å². The van der Waals surface area contributed by atoms with Crippen LogP contribution < -0.4 is 20.1 Å². The van der Waals surface area contributed by atoms with Crippen molar-refractivity contribution >= 4 is 111 Å². The van der Waals surface area contributed by atoms with Gasteiger partial charge >= 0.3 is 6.09 Å². The third-order valence-corrected chi connectivity index (χ3v) is 15.2. The van der Waals surface area contributed by atoms with Gasteiger partial charge in [-0.1, -0.05) is 47.5 Å². The summed E-state index contributed by atoms with van der Waals surface area (Å²) in [6.07, 6.45) is 4.51. The highest BCUT2D eigenvalue weighted by Crippen LogP contribution is 2.35. The number of aromatic nitrogens is 4. The Morgan fingerprint density at radius 1 is 0.593 bits per heavy atom. The standard InChI is InChI=1S/C32H31ClFN5O6S.C29H26ClFN4O5S.C2H3ClO/c1-38(2)32(40)45-39(13-14-46(3,41)42)18-25-9-12-29(44-25)22-7-10-28-26(16-22)31(36-20-35-28)37-24-8-11-30(27(33)17-24)43-19-21-5-4-6-23(34)15-21;1-41(37,38)12-11-35(36)16-23-7-10-27(40-23)20-5-8-26-24(14-20)29(33-18-32-26)34-22-6-9-28(25(30)15-22)39-17-19-3-2-4-21(31)13-19;1-2(3)4/h4-12,15-17,20H,13-14,18-19H2,1-3H3,(H,35,36,37);2-10,13-15,18,36H,11-12,16-17H2,1H3,(H,32,33,34);1H3. The maximum Gasteiger partial charge on any atom is 0.428 e. The number of anilines is 4. The van der Waals surface area contributed by atoms with Gasteiger partial charge in [-0.3, -0.25) is 4.79 Å². The highest BCUT2D eigenvalue weighted by atomic mass is 35.5. The van der Waals surface area contributed by atoms with Gasteiger partial charge in [-0.15, -0.1) is 5.06 Å². The van der Waals surface area contributed by atoms with E-state index in [0.29, 0.717) is 89.8 Å². The molecular weight excluding hydrogens is 1280 g/mol. The number of carbonyl (C=O) groups excluding carboxylic acids is 2. The molecule has 0 radical (unpaired) electrons. The number of nitrogens with zero attached hydrogens (tertiary/aromatic N) is 7. The zero-order valence-corrected chi connectivity index (χ0v) is 53.3. The maximum atomic E-state index is 13.5. The fourth-order valence-corrected chi connectivity index (χ4v) is 9.96. The Hall–Kier alpha value is -8.79. The zero-order chi connectivity index (χ0) is 65.4. The Morgan fingerprint density at radius 2 is 1.04 bits per heavy atom. The van der Waals surface area contributed by atoms with Crippen LogP contribution in [0, 0.1) is 11.6 Å². The van der Waals surface area contributed by atoms with Crippen LogP contribution in [0.4, 0.5) is 36.6 Å². The minimum atomic E-state index is -3.29. The molecule has 0 spiro atoms. The van der Waals surface area contributed by atoms with Crippen molar-refractivity contribution in [3.63, 3.8) is 0 Å². The lowest BCUT2D eigenvalue weighted by Gasteiger charge is -2.21. The van der Waals surface area contributed by atoms with Crippen molar-refractivity contribution in [2.24, 2.45) is 0 Å². The SMILES string of the molecule is CC(=O)Cl.CN(C)C(=O)ON(CCS(C)(=O)=O)Cc1ccc(-c2ccc3ncnc(Nc4ccc(OCc5cccc(F)c5)c(Cl)c4)c3c2)o1.CS(=O)(=O)CCN(O)Cc1ccc(-c2ccc3ncnc(Nc4ccc(OCc5cccc(F)c5)c(Cl)c4)c3c2)o1. The van der Waals surface area contributed by atoms with E-state index >= 15 is 0 Å². The number of sulfone groups is 2. The van der Waals surface area contributed by atoms with Crippen molar-refractivity contribution in [2.75, 3.05) is 61.8 Å². The number of ether oxygens (including phenoxy) is 2. The number of hydrogen-bond acceptors (Lipinski definition) is 20. The van der Waals surface area contributed by atoms with Gasteiger partial charge in [0.25, 0.3) is 0 Å². The van der Waals surface area contributed by atoms with Crippen LogP contribution in [0.5, 0.6) is 11.5 Å². The lowest BCUT2D eigenvalue weighted by molar-refractivity contribution is -0.115. The van der Waals surface area contributed by atoms with Crippen molar-refractivity contribution in [3.8, 4) is 34.1 Å². The molecule has 0 saturated carbocycles. The molecule has 21 nitrogen and oxygen atoms in total. The Kier molecular flexibility index (Phi) is 23.4. The van der Waals surface area contributed by atoms with E-state index in [0.717, 1.165) is 39.5 Å². The van der Waals surface area contributed by atoms with Gasteiger partial charge in [0.2, 0.25) is 5.24 Å². The number of hydrogen-bond donors (Lipinski definition) is 3. The molecule has 91 heavy (non-hydrogen) atoms. The Labute approximate surface area is 537 Å². The van der Waals surface area contributed by atoms with Gasteiger partial charge in [-0.25, -0.2) is 50.3 Å². The van der Waals surface area contributed by atoms with Crippen molar-refractivity contribution in [1.82, 2.24) is 35.0 Å². The molecule has 0 bridgehead atoms. The van der Waals surface area contributed by atoms with E-state index in [-0.39, 0.29) is 67.8 Å². The highest BCUT2D eigenvalue weighted by Gasteiger charge is 2.20. The largest absolute Gasteiger partial charge is 0.487 e. The van der Waals surface area contributed by atoms with Crippen LogP contribution in [0.25, 0.3) is 44.5 Å². The molecule has 0 aliphatic heterocycles. The first-order valence-electron chi connectivity index (χ1n) is 27.4. The number of hydroxylamine groups is 4. The first-order chi connectivity index (χ1) is 43.3. The highest BCUT2D eigenvalue weighted by molar-refractivity contribution is 7.90. The van der Waals surface area contributed by atoms with Crippen LogP contribution in [0.1, 0.15) is 29.6 Å². The molecule has 0 aliphatic carbocycles. The van der Waals surface area contributed by atoms with E-state index in [1.165, 1.54) is 67.9 Å². The second-order valence-electron chi connectivity index (χ2n) is 20.6. The summed E-state index contributed by atoms with van der Waals surface area (Å²) in [5.74, 6) is 3.02. The summed E-state index contributed by atoms with van der Waals surface area (Å²) in [5, 5.41) is 20.6. The Balaban J connectivity index is 0.000000223. The smallest absolute Gasteiger partial charge is 0.428 e. The lowest BCUT2D eigenvalue weighted by Crippen LogP contribution is -2.35. The predicted molar refractivity (Wildman–Crippen MR) is 344 cm³/mol. The number of amides is 1. The third-order valence-electron chi connectivity index (χ3n) is 12.8. The molecule has 3 N–H and O–H groups in total. The summed E-state index contributed by atoms with van der Waals surface area (Å²) in [7, 11) is -3.42. The van der Waals surface area contributed by atoms with Crippen LogP contribution >= 0.6 is 34.8 Å². The first-order valence-corrected chi connectivity index (χ1v) is 32.7. The summed E-state index contributed by atoms with van der Waals surface area (Å²) in [6.45, 7) is 1.67. The van der Waals surface area contributed by atoms with Crippen LogP contribution in [0.3, 0.4) is 0 Å². The zero-order valence-electron chi connectivity index (χ0n) is 49.4. The third kappa shape index (κ3) is 21.2. The molecule has 0 aliphatic rings. The van der Waals surface area contributed by atoms with E-state index in [1.807, 2.05) is 36.4 Å². The van der Waals surface area contributed by atoms with Gasteiger partial charge in [0.15, 0.2) is 0 Å². The van der Waals surface area contributed by atoms with Gasteiger partial charge < -0.3 is 43.9 Å². The molecule has 10 aromatic rings. The molecule has 0 unspecified atom stereocenters. The first kappa shape index (κ1) is 68.1. The number of nitrogens with one attached hydrogen (secondary N) is 2. The van der Waals surface area contributed by atoms with Crippen LogP contribution in [-0.4, -0.2) is 120 Å². The van der Waals surface area contributed by atoms with Crippen LogP contribution in [0.2, 0.25) is 10.0 Å². The number of fused-ring (bicyclic) bond motifs is 2. The molecule has 0 fully saturated rings. The maximum absolute atomic E-state index is 13.5. The second kappa shape index (κ2) is 31.3. The van der Waals surface area contributed by atoms with Gasteiger partial charge in [0.1, 0.15) is 103 Å². The van der Waals surface area contributed by atoms with Crippen molar-refractivity contribution < 1.29 is 63.6 Å². The fourth-order valence-electron chi connectivity index (χ4n) is 8.42. The summed E-state index contributed by atoms with van der Waals surface area (Å²) < 4.78 is 96.6. The van der Waals surface area contributed by atoms with Gasteiger partial charge in [0, 0.05) is 79.9 Å². The molecule has 0 saturated heterocycles. The van der Waals surface area contributed by atoms with Gasteiger partial charge in [0.05, 0.1) is 45.7 Å². The lowest BCUT2D eigenvalue weighted by atomic mass is 10.1. The minimum absolute atomic E-state index is 0.0264. The quantitative estimate of drug-likeness (QED) is 0.0397. The molecule has 1 amide bonds. The Morgan fingerprint density at radius 3 is 1.47 bits per heavy atom. The van der Waals surface area contributed by atoms with Gasteiger partial charge in [-0.05, 0) is 144 Å². The molecule has 0 atom stereocenters. The van der Waals surface area contributed by atoms with Crippen LogP contribution in [-0.2, 0) is 55.6 Å². The Bertz CT molecular complexity index is 4430. The number of furan rings is 2. The number of carbonyl (C=O) groups is 2. The number of rotatable bonds is 23. The topological polar surface area (TPSA) is 262 Å². The summed E-state index contributed by atoms with van der Waals surface area (Å²) in [5.41, 5.74) is 5.62. The summed E-state index contributed by atoms with van der Waals surface area (Å²) in [4.78, 5) is 45.5. The molecule has 10 rings (SSSR count). The average molecular weight is 1340 g/mol. The molecule has 4 aromatic heterocycles. The number of benzene rings is 6. The van der Waals surface area contributed by atoms with Crippen molar-refractivity contribution in [1.29, 1.82) is 0 Å². The molecule has 4 heterocycles. The van der Waals surface area contributed by atoms with Crippen molar-refractivity contribution in [2.45, 2.75) is 33.2 Å². The molecule has 476 valence electrons. The second-order valence-corrected chi connectivity index (χ2v) is 26.4. The van der Waals surface area contributed by atoms with Gasteiger partial charge in [-0.2, -0.15) is 5.06 Å². The molecular formula is C63H60Cl3F2N9O12S2. The average Bonchev–Trinajstić information content (AvgIpc) is 1.85. The monoisotopic (exact) mass is 1340 g/mol. The number of halogens is 5. The predicted octanol–water partition coefficient (Wildman–Crippen LogP) is 13.5. The van der Waals surface area contributed by atoms with E-state index in [4.69, 9.17) is 46.3 Å². The normalized spacial score (nSPS) is 11.4. The molecule has 28 heteroatoms. The van der Waals surface area contributed by atoms with E-state index in [2.05, 4.69) is 42.2 Å². The van der Waals surface area contributed by atoms with E-state index in [1.54, 1.807) is 84.9 Å². The van der Waals surface area contributed by atoms with E-state index in [9.17, 15) is 40.4 Å². The van der Waals surface area contributed by atoms with Crippen molar-refractivity contribution in [3.05, 3.63) is 203 Å². The van der Waals surface area contributed by atoms with E-state index < -0.39 is 25.8 Å². The minimum Gasteiger partial charge on any atom is -0.487 e.